The molecule has 0 bridgehead atoms. The van der Waals surface area contributed by atoms with Gasteiger partial charge in [0.15, 0.2) is 5.65 Å². The zero-order valence-corrected chi connectivity index (χ0v) is 22.1. The van der Waals surface area contributed by atoms with Gasteiger partial charge in [0, 0.05) is 35.8 Å². The highest BCUT2D eigenvalue weighted by Crippen LogP contribution is 2.30. The highest BCUT2D eigenvalue weighted by Gasteiger charge is 2.31. The van der Waals surface area contributed by atoms with Crippen molar-refractivity contribution >= 4 is 49.0 Å². The number of unbranched alkanes of at least 4 members (excludes halogenated alkanes) is 1. The smallest absolute Gasteiger partial charge is 0.406 e. The van der Waals surface area contributed by atoms with E-state index in [-0.39, 0.29) is 11.4 Å². The van der Waals surface area contributed by atoms with Gasteiger partial charge in [0.05, 0.1) is 21.3 Å². The van der Waals surface area contributed by atoms with Gasteiger partial charge in [-0.3, -0.25) is 0 Å². The lowest BCUT2D eigenvalue weighted by Gasteiger charge is -2.12. The molecule has 0 unspecified atom stereocenters. The van der Waals surface area contributed by atoms with Crippen LogP contribution in [0.1, 0.15) is 12.8 Å². The van der Waals surface area contributed by atoms with Crippen LogP contribution in [0.5, 0.6) is 5.75 Å². The highest BCUT2D eigenvalue weighted by atomic mass is 79.9. The minimum Gasteiger partial charge on any atom is -0.406 e. The summed E-state index contributed by atoms with van der Waals surface area (Å²) in [6.45, 7) is 0.591. The van der Waals surface area contributed by atoms with Crippen molar-refractivity contribution in [3.63, 3.8) is 0 Å². The molecule has 0 radical (unpaired) electrons. The number of nitrogens with zero attached hydrogens (tertiary/aromatic N) is 3. The van der Waals surface area contributed by atoms with Crippen molar-refractivity contribution in [1.82, 2.24) is 19.3 Å². The summed E-state index contributed by atoms with van der Waals surface area (Å²) in [5.41, 5.74) is 2.03. The van der Waals surface area contributed by atoms with Crippen LogP contribution >= 0.6 is 27.5 Å². The van der Waals surface area contributed by atoms with E-state index >= 15 is 0 Å². The molecule has 2 N–H and O–H groups in total. The van der Waals surface area contributed by atoms with Crippen molar-refractivity contribution in [2.75, 3.05) is 18.4 Å². The molecule has 196 valence electrons. The van der Waals surface area contributed by atoms with Gasteiger partial charge in [0.1, 0.15) is 11.6 Å². The fourth-order valence-corrected chi connectivity index (χ4v) is 5.15. The molecule has 2 aromatic carbocycles. The Morgan fingerprint density at radius 1 is 1.05 bits per heavy atom. The van der Waals surface area contributed by atoms with E-state index in [0.29, 0.717) is 46.0 Å². The summed E-state index contributed by atoms with van der Waals surface area (Å²) >= 11 is 9.80. The van der Waals surface area contributed by atoms with Crippen molar-refractivity contribution in [1.29, 1.82) is 0 Å². The third kappa shape index (κ3) is 6.92. The molecule has 8 nitrogen and oxygen atoms in total. The van der Waals surface area contributed by atoms with E-state index in [1.807, 2.05) is 24.3 Å². The number of aromatic nitrogens is 3. The third-order valence-electron chi connectivity index (χ3n) is 5.13. The number of anilines is 1. The maximum atomic E-state index is 12.5. The van der Waals surface area contributed by atoms with Crippen molar-refractivity contribution in [2.24, 2.45) is 0 Å². The van der Waals surface area contributed by atoms with E-state index in [4.69, 9.17) is 11.6 Å². The molecular weight excluding hydrogens is 599 g/mol. The van der Waals surface area contributed by atoms with Gasteiger partial charge in [-0.1, -0.05) is 35.9 Å². The van der Waals surface area contributed by atoms with Gasteiger partial charge in [-0.15, -0.1) is 13.2 Å². The summed E-state index contributed by atoms with van der Waals surface area (Å²) in [6.07, 6.45) is -2.22. The number of hydrogen-bond acceptors (Lipinski definition) is 6. The van der Waals surface area contributed by atoms with E-state index in [0.717, 1.165) is 17.7 Å². The molecule has 14 heteroatoms. The molecule has 0 atom stereocenters. The van der Waals surface area contributed by atoms with Crippen LogP contribution in [0.4, 0.5) is 19.0 Å². The van der Waals surface area contributed by atoms with Crippen LogP contribution in [-0.4, -0.2) is 42.5 Å². The fourth-order valence-electron chi connectivity index (χ4n) is 3.46. The molecule has 4 rings (SSSR count). The fraction of sp³-hybridized carbons (Fsp3) is 0.217. The zero-order chi connectivity index (χ0) is 26.6. The summed E-state index contributed by atoms with van der Waals surface area (Å²) in [5, 5.41) is 8.17. The van der Waals surface area contributed by atoms with Gasteiger partial charge in [0.25, 0.3) is 0 Å². The van der Waals surface area contributed by atoms with E-state index in [1.165, 1.54) is 12.1 Å². The van der Waals surface area contributed by atoms with Crippen LogP contribution in [0.15, 0.2) is 70.2 Å². The topological polar surface area (TPSA) is 97.6 Å². The number of halogens is 5. The number of sulfonamides is 1. The van der Waals surface area contributed by atoms with Crippen LogP contribution in [0, 0.1) is 0 Å². The molecule has 0 amide bonds. The van der Waals surface area contributed by atoms with Crippen LogP contribution in [0.25, 0.3) is 16.9 Å². The first-order chi connectivity index (χ1) is 17.5. The standard InChI is InChI=1S/C23H20BrClF3N5O3S/c24-18-14-30-33-21(13-20(32-22(18)33)17-8-1-2-9-19(17)25)29-10-3-4-11-31-37(34,35)16-7-5-6-15(12-16)36-23(26,27)28/h1-2,5-9,12-14,29,31H,3-4,10-11H2. The number of fused-ring (bicyclic) bond motifs is 1. The quantitative estimate of drug-likeness (QED) is 0.216. The van der Waals surface area contributed by atoms with Crippen molar-refractivity contribution in [3.05, 3.63) is 70.3 Å². The normalized spacial score (nSPS) is 12.1. The number of nitrogens with one attached hydrogen (secondary N) is 2. The van der Waals surface area contributed by atoms with Gasteiger partial charge >= 0.3 is 6.36 Å². The predicted molar refractivity (Wildman–Crippen MR) is 137 cm³/mol. The second-order valence-corrected chi connectivity index (χ2v) is 10.8. The highest BCUT2D eigenvalue weighted by molar-refractivity contribution is 9.10. The Balaban J connectivity index is 1.35. The number of benzene rings is 2. The van der Waals surface area contributed by atoms with Crippen molar-refractivity contribution in [3.8, 4) is 17.0 Å². The number of rotatable bonds is 10. The Labute approximate surface area is 224 Å². The average molecular weight is 619 g/mol. The number of hydrogen-bond donors (Lipinski definition) is 2. The largest absolute Gasteiger partial charge is 0.573 e. The van der Waals surface area contributed by atoms with Crippen LogP contribution in [-0.2, 0) is 10.0 Å². The Kier molecular flexibility index (Phi) is 8.26. The van der Waals surface area contributed by atoms with Crippen LogP contribution < -0.4 is 14.8 Å². The molecular formula is C23H20BrClF3N5O3S. The van der Waals surface area contributed by atoms with Crippen molar-refractivity contribution < 1.29 is 26.3 Å². The lowest BCUT2D eigenvalue weighted by molar-refractivity contribution is -0.274. The molecule has 0 aliphatic carbocycles. The van der Waals surface area contributed by atoms with Gasteiger partial charge in [0.2, 0.25) is 10.0 Å². The van der Waals surface area contributed by atoms with E-state index in [9.17, 15) is 21.6 Å². The van der Waals surface area contributed by atoms with E-state index in [2.05, 4.69) is 40.8 Å². The molecule has 0 aliphatic rings. The van der Waals surface area contributed by atoms with Gasteiger partial charge in [-0.2, -0.15) is 9.61 Å². The second kappa shape index (κ2) is 11.3. The molecule has 0 saturated carbocycles. The molecule has 0 saturated heterocycles. The average Bonchev–Trinajstić information content (AvgIpc) is 3.21. The minimum atomic E-state index is -4.91. The first-order valence-electron chi connectivity index (χ1n) is 10.9. The monoisotopic (exact) mass is 617 g/mol. The molecule has 0 fully saturated rings. The van der Waals surface area contributed by atoms with E-state index < -0.39 is 22.1 Å². The number of alkyl halides is 3. The van der Waals surface area contributed by atoms with Crippen LogP contribution in [0.3, 0.4) is 0 Å². The Morgan fingerprint density at radius 3 is 2.57 bits per heavy atom. The predicted octanol–water partition coefficient (Wildman–Crippen LogP) is 5.88. The summed E-state index contributed by atoms with van der Waals surface area (Å²) in [7, 11) is -4.00. The SMILES string of the molecule is O=S(=O)(NCCCCNc1cc(-c2ccccc2Cl)nc2c(Br)cnn12)c1cccc(OC(F)(F)F)c1. The molecule has 4 aromatic rings. The Morgan fingerprint density at radius 2 is 1.81 bits per heavy atom. The minimum absolute atomic E-state index is 0.0956. The van der Waals surface area contributed by atoms with Gasteiger partial charge < -0.3 is 10.1 Å². The van der Waals surface area contributed by atoms with Crippen molar-refractivity contribution in [2.45, 2.75) is 24.1 Å². The lowest BCUT2D eigenvalue weighted by atomic mass is 10.1. The maximum absolute atomic E-state index is 12.5. The van der Waals surface area contributed by atoms with Gasteiger partial charge in [-0.25, -0.2) is 18.1 Å². The Bertz CT molecular complexity index is 1520. The summed E-state index contributed by atoms with van der Waals surface area (Å²) in [5.74, 6) is 0.0670. The third-order valence-corrected chi connectivity index (χ3v) is 7.48. The molecule has 2 heterocycles. The molecule has 0 aliphatic heterocycles. The van der Waals surface area contributed by atoms with Crippen LogP contribution in [0.2, 0.25) is 5.02 Å². The molecule has 37 heavy (non-hydrogen) atoms. The lowest BCUT2D eigenvalue weighted by Crippen LogP contribution is -2.25. The maximum Gasteiger partial charge on any atom is 0.573 e. The summed E-state index contributed by atoms with van der Waals surface area (Å²) < 4.78 is 70.7. The van der Waals surface area contributed by atoms with E-state index in [1.54, 1.807) is 16.8 Å². The summed E-state index contributed by atoms with van der Waals surface area (Å²) in [6, 6.07) is 13.4. The first-order valence-corrected chi connectivity index (χ1v) is 13.6. The summed E-state index contributed by atoms with van der Waals surface area (Å²) in [4.78, 5) is 4.33. The van der Waals surface area contributed by atoms with Gasteiger partial charge in [-0.05, 0) is 47.0 Å². The Hall–Kier alpha value is -2.87. The molecule has 0 spiro atoms. The first kappa shape index (κ1) is 27.2. The second-order valence-electron chi connectivity index (χ2n) is 7.79. The molecule has 2 aromatic heterocycles. The number of ether oxygens (including phenoxy) is 1. The zero-order valence-electron chi connectivity index (χ0n) is 19.0.